The van der Waals surface area contributed by atoms with Gasteiger partial charge in [0.05, 0.1) is 12.4 Å². The first-order chi connectivity index (χ1) is 7.15. The van der Waals surface area contributed by atoms with Gasteiger partial charge in [-0.05, 0) is 24.5 Å². The Morgan fingerprint density at radius 3 is 2.60 bits per heavy atom. The zero-order chi connectivity index (χ0) is 11.3. The normalized spacial score (nSPS) is 16.5. The number of hydrogen-bond acceptors (Lipinski definition) is 3. The van der Waals surface area contributed by atoms with Crippen molar-refractivity contribution < 1.29 is 9.90 Å². The molecule has 1 fully saturated rings. The maximum atomic E-state index is 11.9. The van der Waals surface area contributed by atoms with Gasteiger partial charge in [-0.25, -0.2) is 0 Å². The highest BCUT2D eigenvalue weighted by Crippen LogP contribution is 2.25. The van der Waals surface area contributed by atoms with Gasteiger partial charge in [0.1, 0.15) is 0 Å². The van der Waals surface area contributed by atoms with Crippen molar-refractivity contribution in [3.05, 3.63) is 0 Å². The Hall–Kier alpha value is -0.220. The molecular formula is C11H21NO2S. The minimum Gasteiger partial charge on any atom is -0.395 e. The number of rotatable bonds is 6. The van der Waals surface area contributed by atoms with Gasteiger partial charge in [0.2, 0.25) is 5.91 Å². The number of amides is 1. The molecule has 1 aliphatic rings. The summed E-state index contributed by atoms with van der Waals surface area (Å²) in [5.74, 6) is 0.737. The summed E-state index contributed by atoms with van der Waals surface area (Å²) in [7, 11) is 0. The van der Waals surface area contributed by atoms with E-state index < -0.39 is 0 Å². The summed E-state index contributed by atoms with van der Waals surface area (Å²) in [6.45, 7) is 4.77. The van der Waals surface area contributed by atoms with Crippen molar-refractivity contribution >= 4 is 17.7 Å². The third kappa shape index (κ3) is 4.03. The molecule has 0 spiro atoms. The van der Waals surface area contributed by atoms with E-state index in [1.807, 2.05) is 4.90 Å². The lowest BCUT2D eigenvalue weighted by Crippen LogP contribution is -2.46. The van der Waals surface area contributed by atoms with Crippen molar-refractivity contribution in [3.8, 4) is 0 Å². The summed E-state index contributed by atoms with van der Waals surface area (Å²) in [5.41, 5.74) is 0. The number of aliphatic hydroxyl groups is 1. The summed E-state index contributed by atoms with van der Waals surface area (Å²) in [4.78, 5) is 13.7. The van der Waals surface area contributed by atoms with Crippen LogP contribution in [0.4, 0.5) is 0 Å². The van der Waals surface area contributed by atoms with Crippen LogP contribution in [0.25, 0.3) is 0 Å². The van der Waals surface area contributed by atoms with Crippen molar-refractivity contribution in [3.63, 3.8) is 0 Å². The molecule has 0 bridgehead atoms. The Balaban J connectivity index is 2.36. The molecule has 0 aromatic heterocycles. The maximum Gasteiger partial charge on any atom is 0.232 e. The minimum atomic E-state index is 0.0780. The van der Waals surface area contributed by atoms with E-state index in [9.17, 15) is 4.79 Å². The second kappa shape index (κ2) is 6.38. The van der Waals surface area contributed by atoms with Gasteiger partial charge in [0, 0.05) is 12.6 Å². The van der Waals surface area contributed by atoms with Crippen molar-refractivity contribution in [2.24, 2.45) is 0 Å². The van der Waals surface area contributed by atoms with Gasteiger partial charge in [-0.3, -0.25) is 4.79 Å². The Morgan fingerprint density at radius 1 is 1.53 bits per heavy atom. The predicted molar refractivity (Wildman–Crippen MR) is 64.0 cm³/mol. The smallest absolute Gasteiger partial charge is 0.232 e. The third-order valence-corrected chi connectivity index (χ3v) is 3.80. The molecule has 3 nitrogen and oxygen atoms in total. The molecule has 1 N–H and O–H groups in total. The van der Waals surface area contributed by atoms with Crippen LogP contribution < -0.4 is 0 Å². The van der Waals surface area contributed by atoms with Crippen LogP contribution >= 0.6 is 11.8 Å². The van der Waals surface area contributed by atoms with Gasteiger partial charge < -0.3 is 10.0 Å². The van der Waals surface area contributed by atoms with Gasteiger partial charge in [0.15, 0.2) is 0 Å². The first-order valence-corrected chi connectivity index (χ1v) is 6.72. The molecule has 88 valence electrons. The van der Waals surface area contributed by atoms with Crippen LogP contribution in [-0.2, 0) is 4.79 Å². The van der Waals surface area contributed by atoms with E-state index in [1.54, 1.807) is 11.8 Å². The molecule has 0 atom stereocenters. The van der Waals surface area contributed by atoms with Gasteiger partial charge >= 0.3 is 0 Å². The summed E-state index contributed by atoms with van der Waals surface area (Å²) in [6.07, 6.45) is 3.44. The fraction of sp³-hybridized carbons (Fsp3) is 0.909. The van der Waals surface area contributed by atoms with Crippen LogP contribution in [0.5, 0.6) is 0 Å². The van der Waals surface area contributed by atoms with Crippen LogP contribution in [0.3, 0.4) is 0 Å². The molecule has 0 saturated heterocycles. The second-order valence-electron chi connectivity index (χ2n) is 4.26. The standard InChI is InChI=1S/C11H21NO2S/c1-9(2)15-8-11(14)12(6-7-13)10-4-3-5-10/h9-10,13H,3-8H2,1-2H3. The van der Waals surface area contributed by atoms with E-state index in [0.717, 1.165) is 12.8 Å². The van der Waals surface area contributed by atoms with Gasteiger partial charge in [0.25, 0.3) is 0 Å². The lowest BCUT2D eigenvalue weighted by Gasteiger charge is -2.37. The number of hydrogen-bond donors (Lipinski definition) is 1. The number of nitrogens with zero attached hydrogens (tertiary/aromatic N) is 1. The monoisotopic (exact) mass is 231 g/mol. The largest absolute Gasteiger partial charge is 0.395 e. The molecule has 0 radical (unpaired) electrons. The van der Waals surface area contributed by atoms with E-state index in [0.29, 0.717) is 23.6 Å². The predicted octanol–water partition coefficient (Wildman–Crippen LogP) is 1.50. The Morgan fingerprint density at radius 2 is 2.20 bits per heavy atom. The molecule has 1 aliphatic carbocycles. The van der Waals surface area contributed by atoms with Crippen molar-refractivity contribution in [1.29, 1.82) is 0 Å². The van der Waals surface area contributed by atoms with E-state index in [4.69, 9.17) is 5.11 Å². The Kier molecular flexibility index (Phi) is 5.47. The zero-order valence-corrected chi connectivity index (χ0v) is 10.4. The average molecular weight is 231 g/mol. The Labute approximate surface area is 96.2 Å². The van der Waals surface area contributed by atoms with E-state index >= 15 is 0 Å². The first kappa shape index (κ1) is 12.8. The summed E-state index contributed by atoms with van der Waals surface area (Å²) in [5, 5.41) is 9.42. The van der Waals surface area contributed by atoms with E-state index in [1.165, 1.54) is 6.42 Å². The molecule has 4 heteroatoms. The summed E-state index contributed by atoms with van der Waals surface area (Å²) < 4.78 is 0. The van der Waals surface area contributed by atoms with Crippen molar-refractivity contribution in [1.82, 2.24) is 4.90 Å². The fourth-order valence-electron chi connectivity index (χ4n) is 1.64. The van der Waals surface area contributed by atoms with Crippen LogP contribution in [-0.4, -0.2) is 46.1 Å². The second-order valence-corrected chi connectivity index (χ2v) is 5.82. The van der Waals surface area contributed by atoms with Crippen LogP contribution in [0.2, 0.25) is 0 Å². The lowest BCUT2D eigenvalue weighted by molar-refractivity contribution is -0.132. The number of thioether (sulfide) groups is 1. The lowest BCUT2D eigenvalue weighted by atomic mass is 9.91. The average Bonchev–Trinajstić information content (AvgIpc) is 2.10. The molecule has 0 unspecified atom stereocenters. The number of carbonyl (C=O) groups excluding carboxylic acids is 1. The number of aliphatic hydroxyl groups excluding tert-OH is 1. The van der Waals surface area contributed by atoms with Crippen molar-refractivity contribution in [2.75, 3.05) is 18.9 Å². The summed E-state index contributed by atoms with van der Waals surface area (Å²) in [6, 6.07) is 0.400. The molecule has 1 rings (SSSR count). The van der Waals surface area contributed by atoms with Gasteiger partial charge in [-0.1, -0.05) is 13.8 Å². The van der Waals surface area contributed by atoms with E-state index in [2.05, 4.69) is 13.8 Å². The molecule has 1 amide bonds. The van der Waals surface area contributed by atoms with Crippen LogP contribution in [0.15, 0.2) is 0 Å². The van der Waals surface area contributed by atoms with Crippen LogP contribution in [0, 0.1) is 0 Å². The molecule has 0 aliphatic heterocycles. The first-order valence-electron chi connectivity index (χ1n) is 5.67. The quantitative estimate of drug-likeness (QED) is 0.753. The molecular weight excluding hydrogens is 210 g/mol. The molecule has 0 aromatic rings. The third-order valence-electron chi connectivity index (χ3n) is 2.72. The number of carbonyl (C=O) groups is 1. The van der Waals surface area contributed by atoms with Gasteiger partial charge in [-0.15, -0.1) is 11.8 Å². The SMILES string of the molecule is CC(C)SCC(=O)N(CCO)C1CCC1. The highest BCUT2D eigenvalue weighted by Gasteiger charge is 2.27. The van der Waals surface area contributed by atoms with Crippen LogP contribution in [0.1, 0.15) is 33.1 Å². The topological polar surface area (TPSA) is 40.5 Å². The Bertz CT molecular complexity index is 205. The summed E-state index contributed by atoms with van der Waals surface area (Å²) >= 11 is 1.67. The minimum absolute atomic E-state index is 0.0780. The highest BCUT2D eigenvalue weighted by molar-refractivity contribution is 8.00. The van der Waals surface area contributed by atoms with E-state index in [-0.39, 0.29) is 12.5 Å². The van der Waals surface area contributed by atoms with Gasteiger partial charge in [-0.2, -0.15) is 0 Å². The fourth-order valence-corrected chi connectivity index (χ4v) is 2.28. The zero-order valence-electron chi connectivity index (χ0n) is 9.61. The maximum absolute atomic E-state index is 11.9. The van der Waals surface area contributed by atoms with Crippen molar-refractivity contribution in [2.45, 2.75) is 44.4 Å². The molecule has 15 heavy (non-hydrogen) atoms. The molecule has 0 heterocycles. The molecule has 1 saturated carbocycles. The highest BCUT2D eigenvalue weighted by atomic mass is 32.2. The molecule has 0 aromatic carbocycles.